The first-order valence-corrected chi connectivity index (χ1v) is 12.6. The van der Waals surface area contributed by atoms with Crippen molar-refractivity contribution in [2.24, 2.45) is 15.0 Å². The van der Waals surface area contributed by atoms with Crippen molar-refractivity contribution in [1.82, 2.24) is 0 Å². The highest BCUT2D eigenvalue weighted by Crippen LogP contribution is 2.29. The molecule has 0 radical (unpaired) electrons. The number of rotatable bonds is 9. The molecular formula is C30H33N3O6. The second-order valence-electron chi connectivity index (χ2n) is 9.28. The topological polar surface area (TPSA) is 125 Å². The summed E-state index contributed by atoms with van der Waals surface area (Å²) in [4.78, 5) is 14.3. The lowest BCUT2D eigenvalue weighted by molar-refractivity contribution is 0.357. The van der Waals surface area contributed by atoms with Gasteiger partial charge in [0.15, 0.2) is 0 Å². The molecule has 3 aromatic rings. The molecule has 0 amide bonds. The van der Waals surface area contributed by atoms with Crippen molar-refractivity contribution in [2.75, 3.05) is 21.3 Å². The second-order valence-corrected chi connectivity index (χ2v) is 9.28. The summed E-state index contributed by atoms with van der Waals surface area (Å²) in [5, 5.41) is 30.8. The fraction of sp³-hybridized carbons (Fsp3) is 0.300. The Morgan fingerprint density at radius 2 is 0.821 bits per heavy atom. The molecule has 1 fully saturated rings. The molecule has 3 N–H and O–H groups in total. The molecule has 0 unspecified atom stereocenters. The summed E-state index contributed by atoms with van der Waals surface area (Å²) in [5.74, 6) is 2.21. The summed E-state index contributed by atoms with van der Waals surface area (Å²) in [6.07, 6.45) is 6.95. The van der Waals surface area contributed by atoms with Crippen molar-refractivity contribution in [1.29, 1.82) is 0 Å². The molecule has 0 aliphatic heterocycles. The Bertz CT molecular complexity index is 1200. The van der Waals surface area contributed by atoms with Crippen molar-refractivity contribution in [3.8, 4) is 34.5 Å². The van der Waals surface area contributed by atoms with Gasteiger partial charge in [-0.05, 0) is 73.9 Å². The standard InChI is InChI=1S/C30H33N3O6/c1-37-25-4-7-28(34)19(10-25)16-31-22-13-23(32-17-20-11-26(38-2)5-8-29(20)35)15-24(14-22)33-18-21-12-27(39-3)6-9-30(21)36/h4-12,16-18,22-24,34-36H,13-15H2,1-3H3. The zero-order chi connectivity index (χ0) is 27.8. The largest absolute Gasteiger partial charge is 0.507 e. The highest BCUT2D eigenvalue weighted by Gasteiger charge is 2.28. The molecule has 0 atom stereocenters. The fourth-order valence-corrected chi connectivity index (χ4v) is 4.44. The molecule has 0 aromatic heterocycles. The minimum absolute atomic E-state index is 0.113. The van der Waals surface area contributed by atoms with Crippen LogP contribution in [0.2, 0.25) is 0 Å². The monoisotopic (exact) mass is 531 g/mol. The third-order valence-electron chi connectivity index (χ3n) is 6.61. The van der Waals surface area contributed by atoms with Crippen LogP contribution in [0, 0.1) is 0 Å². The number of aliphatic imine (C=N–C) groups is 3. The number of phenolic OH excluding ortho intramolecular Hbond substituents is 3. The van der Waals surface area contributed by atoms with Crippen LogP contribution in [0.1, 0.15) is 36.0 Å². The summed E-state index contributed by atoms with van der Waals surface area (Å²) >= 11 is 0. The van der Waals surface area contributed by atoms with Crippen LogP contribution in [-0.2, 0) is 0 Å². The minimum Gasteiger partial charge on any atom is -0.507 e. The van der Waals surface area contributed by atoms with Crippen LogP contribution < -0.4 is 14.2 Å². The second kappa shape index (κ2) is 12.8. The molecule has 1 aliphatic carbocycles. The fourth-order valence-electron chi connectivity index (χ4n) is 4.44. The third kappa shape index (κ3) is 7.28. The number of phenols is 3. The van der Waals surface area contributed by atoms with Crippen molar-refractivity contribution >= 4 is 18.6 Å². The molecule has 0 heterocycles. The summed E-state index contributed by atoms with van der Waals surface area (Å²) in [6.45, 7) is 0. The lowest BCUT2D eigenvalue weighted by Crippen LogP contribution is -2.30. The number of methoxy groups -OCH3 is 3. The summed E-state index contributed by atoms with van der Waals surface area (Å²) in [5.41, 5.74) is 1.67. The van der Waals surface area contributed by atoms with Crippen LogP contribution in [0.25, 0.3) is 0 Å². The lowest BCUT2D eigenvalue weighted by Gasteiger charge is -2.29. The zero-order valence-electron chi connectivity index (χ0n) is 22.2. The average Bonchev–Trinajstić information content (AvgIpc) is 2.96. The third-order valence-corrected chi connectivity index (χ3v) is 6.61. The van der Waals surface area contributed by atoms with E-state index < -0.39 is 0 Å². The number of hydrogen-bond donors (Lipinski definition) is 3. The average molecular weight is 532 g/mol. The molecule has 3 aromatic carbocycles. The van der Waals surface area contributed by atoms with Crippen LogP contribution in [0.3, 0.4) is 0 Å². The Morgan fingerprint density at radius 3 is 1.08 bits per heavy atom. The maximum Gasteiger partial charge on any atom is 0.124 e. The van der Waals surface area contributed by atoms with E-state index in [0.717, 1.165) is 0 Å². The molecule has 204 valence electrons. The van der Waals surface area contributed by atoms with E-state index in [4.69, 9.17) is 29.2 Å². The van der Waals surface area contributed by atoms with Crippen molar-refractivity contribution in [3.63, 3.8) is 0 Å². The molecule has 0 spiro atoms. The molecule has 9 heteroatoms. The predicted molar refractivity (Wildman–Crippen MR) is 152 cm³/mol. The molecule has 39 heavy (non-hydrogen) atoms. The molecular weight excluding hydrogens is 498 g/mol. The Kier molecular flexibility index (Phi) is 9.04. The maximum atomic E-state index is 10.3. The van der Waals surface area contributed by atoms with Gasteiger partial charge in [-0.3, -0.25) is 15.0 Å². The summed E-state index contributed by atoms with van der Waals surface area (Å²) < 4.78 is 15.8. The van der Waals surface area contributed by atoms with E-state index in [2.05, 4.69) is 0 Å². The van der Waals surface area contributed by atoms with Crippen LogP contribution in [0.15, 0.2) is 69.6 Å². The van der Waals surface area contributed by atoms with Gasteiger partial charge in [0.05, 0.1) is 39.5 Å². The van der Waals surface area contributed by atoms with E-state index in [0.29, 0.717) is 53.2 Å². The van der Waals surface area contributed by atoms with E-state index in [1.54, 1.807) is 94.6 Å². The van der Waals surface area contributed by atoms with E-state index in [1.165, 1.54) is 0 Å². The first kappa shape index (κ1) is 27.5. The zero-order valence-corrected chi connectivity index (χ0v) is 22.2. The predicted octanol–water partition coefficient (Wildman–Crippen LogP) is 4.78. The van der Waals surface area contributed by atoms with Crippen LogP contribution in [0.5, 0.6) is 34.5 Å². The highest BCUT2D eigenvalue weighted by molar-refractivity contribution is 5.85. The van der Waals surface area contributed by atoms with Gasteiger partial charge in [0.25, 0.3) is 0 Å². The molecule has 0 saturated heterocycles. The summed E-state index contributed by atoms with van der Waals surface area (Å²) in [6, 6.07) is 14.6. The van der Waals surface area contributed by atoms with E-state index in [1.807, 2.05) is 0 Å². The van der Waals surface area contributed by atoms with Gasteiger partial charge in [-0.1, -0.05) is 0 Å². The van der Waals surface area contributed by atoms with Gasteiger partial charge in [-0.2, -0.15) is 0 Å². The molecule has 0 bridgehead atoms. The Hall–Kier alpha value is -4.53. The lowest BCUT2D eigenvalue weighted by atomic mass is 9.88. The van der Waals surface area contributed by atoms with Crippen molar-refractivity contribution < 1.29 is 29.5 Å². The van der Waals surface area contributed by atoms with Gasteiger partial charge in [-0.25, -0.2) is 0 Å². The highest BCUT2D eigenvalue weighted by atomic mass is 16.5. The van der Waals surface area contributed by atoms with Gasteiger partial charge in [0.2, 0.25) is 0 Å². The molecule has 4 rings (SSSR count). The molecule has 9 nitrogen and oxygen atoms in total. The maximum absolute atomic E-state index is 10.3. The van der Waals surface area contributed by atoms with E-state index >= 15 is 0 Å². The van der Waals surface area contributed by atoms with Crippen LogP contribution in [-0.4, -0.2) is 73.4 Å². The Balaban J connectivity index is 1.58. The SMILES string of the molecule is COc1ccc(O)c(C=NC2CC(N=Cc3cc(OC)ccc3O)CC(N=Cc3cc(OC)ccc3O)C2)c1. The Morgan fingerprint density at radius 1 is 0.538 bits per heavy atom. The van der Waals surface area contributed by atoms with Gasteiger partial charge >= 0.3 is 0 Å². The quantitative estimate of drug-likeness (QED) is 0.342. The van der Waals surface area contributed by atoms with Gasteiger partial charge in [-0.15, -0.1) is 0 Å². The number of hydrogen-bond acceptors (Lipinski definition) is 9. The van der Waals surface area contributed by atoms with Gasteiger partial charge in [0.1, 0.15) is 34.5 Å². The minimum atomic E-state index is -0.119. The first-order chi connectivity index (χ1) is 18.9. The van der Waals surface area contributed by atoms with Crippen LogP contribution in [0.4, 0.5) is 0 Å². The van der Waals surface area contributed by atoms with Gasteiger partial charge in [0, 0.05) is 35.3 Å². The van der Waals surface area contributed by atoms with Crippen molar-refractivity contribution in [2.45, 2.75) is 37.4 Å². The van der Waals surface area contributed by atoms with E-state index in [-0.39, 0.29) is 35.4 Å². The van der Waals surface area contributed by atoms with Crippen LogP contribution >= 0.6 is 0 Å². The molecule has 1 aliphatic rings. The Labute approximate surface area is 227 Å². The molecule has 1 saturated carbocycles. The first-order valence-electron chi connectivity index (χ1n) is 12.6. The number of ether oxygens (including phenoxy) is 3. The number of nitrogens with zero attached hydrogens (tertiary/aromatic N) is 3. The van der Waals surface area contributed by atoms with Gasteiger partial charge < -0.3 is 29.5 Å². The van der Waals surface area contributed by atoms with E-state index in [9.17, 15) is 15.3 Å². The summed E-state index contributed by atoms with van der Waals surface area (Å²) in [7, 11) is 4.71. The normalized spacial score (nSPS) is 19.6. The number of benzene rings is 3. The smallest absolute Gasteiger partial charge is 0.124 e. The van der Waals surface area contributed by atoms with Crippen molar-refractivity contribution in [3.05, 3.63) is 71.3 Å². The number of aromatic hydroxyl groups is 3.